The normalized spacial score (nSPS) is 11.0. The largest absolute Gasteiger partial charge is 0.487 e. The van der Waals surface area contributed by atoms with Gasteiger partial charge in [0.15, 0.2) is 5.76 Å². The topological polar surface area (TPSA) is 112 Å². The zero-order chi connectivity index (χ0) is 23.2. The van der Waals surface area contributed by atoms with Crippen LogP contribution in [-0.2, 0) is 29.1 Å². The molecule has 0 aliphatic heterocycles. The third-order valence-corrected chi connectivity index (χ3v) is 5.03. The Labute approximate surface area is 189 Å². The SMILES string of the molecule is CCOC(=O)CCc1cn(Cc2ccc(OCc3nc(-c4ccco4)oc3C)cc2)[nH]c1=O. The second kappa shape index (κ2) is 10.1. The summed E-state index contributed by atoms with van der Waals surface area (Å²) in [7, 11) is 0. The van der Waals surface area contributed by atoms with Crippen molar-refractivity contribution in [3.63, 3.8) is 0 Å². The molecule has 0 amide bonds. The van der Waals surface area contributed by atoms with E-state index in [1.54, 1.807) is 36.2 Å². The summed E-state index contributed by atoms with van der Waals surface area (Å²) in [5, 5.41) is 2.78. The summed E-state index contributed by atoms with van der Waals surface area (Å²) < 4.78 is 23.4. The average Bonchev–Trinajstić information content (AvgIpc) is 3.53. The van der Waals surface area contributed by atoms with Crippen LogP contribution in [0.2, 0.25) is 0 Å². The van der Waals surface area contributed by atoms with Crippen molar-refractivity contribution in [3.05, 3.63) is 81.8 Å². The monoisotopic (exact) mass is 451 g/mol. The van der Waals surface area contributed by atoms with Crippen LogP contribution in [0.3, 0.4) is 0 Å². The van der Waals surface area contributed by atoms with Crippen LogP contribution in [0.5, 0.6) is 5.75 Å². The van der Waals surface area contributed by atoms with E-state index in [1.165, 1.54) is 0 Å². The fraction of sp³-hybridized carbons (Fsp3) is 0.292. The molecule has 0 aliphatic carbocycles. The lowest BCUT2D eigenvalue weighted by atomic mass is 10.2. The minimum Gasteiger partial charge on any atom is -0.487 e. The number of ether oxygens (including phenoxy) is 2. The summed E-state index contributed by atoms with van der Waals surface area (Å²) in [6.45, 7) is 4.68. The third-order valence-electron chi connectivity index (χ3n) is 5.03. The molecule has 1 N–H and O–H groups in total. The van der Waals surface area contributed by atoms with Gasteiger partial charge in [-0.05, 0) is 50.1 Å². The number of nitrogens with zero attached hydrogens (tertiary/aromatic N) is 2. The summed E-state index contributed by atoms with van der Waals surface area (Å²) in [5.41, 5.74) is 2.05. The number of nitrogens with one attached hydrogen (secondary N) is 1. The lowest BCUT2D eigenvalue weighted by Crippen LogP contribution is -2.11. The second-order valence-electron chi connectivity index (χ2n) is 7.46. The lowest BCUT2D eigenvalue weighted by Gasteiger charge is -2.07. The van der Waals surface area contributed by atoms with Crippen LogP contribution in [0.25, 0.3) is 11.7 Å². The molecule has 0 radical (unpaired) electrons. The number of oxazole rings is 1. The van der Waals surface area contributed by atoms with Gasteiger partial charge in [0, 0.05) is 18.2 Å². The van der Waals surface area contributed by atoms with Gasteiger partial charge >= 0.3 is 5.97 Å². The molecule has 3 heterocycles. The fourth-order valence-electron chi connectivity index (χ4n) is 3.32. The molecule has 4 rings (SSSR count). The Hall–Kier alpha value is -4.01. The quantitative estimate of drug-likeness (QED) is 0.364. The Morgan fingerprint density at radius 3 is 2.76 bits per heavy atom. The number of H-pyrrole nitrogens is 1. The number of hydrogen-bond donors (Lipinski definition) is 1. The number of aromatic nitrogens is 3. The van der Waals surface area contributed by atoms with Gasteiger partial charge in [0.1, 0.15) is 23.8 Å². The van der Waals surface area contributed by atoms with E-state index in [0.717, 1.165) is 5.56 Å². The van der Waals surface area contributed by atoms with Gasteiger partial charge in [-0.15, -0.1) is 0 Å². The zero-order valence-corrected chi connectivity index (χ0v) is 18.5. The maximum Gasteiger partial charge on any atom is 0.306 e. The predicted octanol–water partition coefficient (Wildman–Crippen LogP) is 3.86. The average molecular weight is 451 g/mol. The Kier molecular flexibility index (Phi) is 6.77. The van der Waals surface area contributed by atoms with Gasteiger partial charge in [0.05, 0.1) is 19.4 Å². The molecule has 0 bridgehead atoms. The summed E-state index contributed by atoms with van der Waals surface area (Å²) in [4.78, 5) is 28.1. The van der Waals surface area contributed by atoms with Crippen LogP contribution in [0.15, 0.2) is 62.5 Å². The first-order valence-corrected chi connectivity index (χ1v) is 10.7. The summed E-state index contributed by atoms with van der Waals surface area (Å²) >= 11 is 0. The summed E-state index contributed by atoms with van der Waals surface area (Å²) in [6.07, 6.45) is 3.83. The van der Waals surface area contributed by atoms with Crippen molar-refractivity contribution in [2.45, 2.75) is 39.8 Å². The van der Waals surface area contributed by atoms with Crippen LogP contribution in [-0.4, -0.2) is 27.3 Å². The minimum atomic E-state index is -0.307. The van der Waals surface area contributed by atoms with E-state index in [4.69, 9.17) is 18.3 Å². The van der Waals surface area contributed by atoms with Crippen LogP contribution >= 0.6 is 0 Å². The van der Waals surface area contributed by atoms with Crippen molar-refractivity contribution >= 4 is 5.97 Å². The van der Waals surface area contributed by atoms with Crippen LogP contribution in [0.1, 0.15) is 35.9 Å². The molecule has 0 saturated heterocycles. The van der Waals surface area contributed by atoms with E-state index in [-0.39, 0.29) is 24.6 Å². The minimum absolute atomic E-state index is 0.182. The van der Waals surface area contributed by atoms with E-state index >= 15 is 0 Å². The van der Waals surface area contributed by atoms with Gasteiger partial charge in [0.2, 0.25) is 0 Å². The smallest absolute Gasteiger partial charge is 0.306 e. The Morgan fingerprint density at radius 1 is 1.21 bits per heavy atom. The number of rotatable bonds is 10. The molecular weight excluding hydrogens is 426 g/mol. The maximum atomic E-state index is 12.1. The molecule has 0 saturated carbocycles. The highest BCUT2D eigenvalue weighted by molar-refractivity contribution is 5.69. The highest BCUT2D eigenvalue weighted by Crippen LogP contribution is 2.23. The first kappa shape index (κ1) is 22.2. The molecular formula is C24H25N3O6. The Balaban J connectivity index is 1.32. The molecule has 0 aliphatic rings. The van der Waals surface area contributed by atoms with Gasteiger partial charge in [-0.2, -0.15) is 0 Å². The first-order valence-electron chi connectivity index (χ1n) is 10.7. The van der Waals surface area contributed by atoms with Gasteiger partial charge in [-0.3, -0.25) is 19.4 Å². The van der Waals surface area contributed by atoms with E-state index < -0.39 is 0 Å². The lowest BCUT2D eigenvalue weighted by molar-refractivity contribution is -0.143. The van der Waals surface area contributed by atoms with Crippen molar-refractivity contribution in [1.29, 1.82) is 0 Å². The van der Waals surface area contributed by atoms with E-state index in [1.807, 2.05) is 31.2 Å². The van der Waals surface area contributed by atoms with Gasteiger partial charge in [-0.1, -0.05) is 12.1 Å². The Morgan fingerprint density at radius 2 is 2.03 bits per heavy atom. The molecule has 172 valence electrons. The van der Waals surface area contributed by atoms with Crippen molar-refractivity contribution in [3.8, 4) is 17.4 Å². The van der Waals surface area contributed by atoms with Gasteiger partial charge < -0.3 is 18.3 Å². The first-order chi connectivity index (χ1) is 16.0. The fourth-order valence-corrected chi connectivity index (χ4v) is 3.32. The molecule has 0 unspecified atom stereocenters. The number of aromatic amines is 1. The second-order valence-corrected chi connectivity index (χ2v) is 7.46. The zero-order valence-electron chi connectivity index (χ0n) is 18.5. The molecule has 0 fully saturated rings. The van der Waals surface area contributed by atoms with Crippen molar-refractivity contribution in [2.75, 3.05) is 6.61 Å². The third kappa shape index (κ3) is 5.62. The maximum absolute atomic E-state index is 12.1. The van der Waals surface area contributed by atoms with Gasteiger partial charge in [0.25, 0.3) is 11.4 Å². The highest BCUT2D eigenvalue weighted by Gasteiger charge is 2.14. The number of benzene rings is 1. The predicted molar refractivity (Wildman–Crippen MR) is 119 cm³/mol. The van der Waals surface area contributed by atoms with Crippen molar-refractivity contribution in [2.24, 2.45) is 0 Å². The molecule has 9 heteroatoms. The van der Waals surface area contributed by atoms with E-state index in [9.17, 15) is 9.59 Å². The summed E-state index contributed by atoms with van der Waals surface area (Å²) in [5.74, 6) is 2.05. The molecule has 0 spiro atoms. The molecule has 33 heavy (non-hydrogen) atoms. The molecule has 3 aromatic heterocycles. The Bertz CT molecular complexity index is 1250. The molecule has 9 nitrogen and oxygen atoms in total. The number of carbonyl (C=O) groups excluding carboxylic acids is 1. The molecule has 0 atom stereocenters. The number of esters is 1. The van der Waals surface area contributed by atoms with Crippen LogP contribution in [0, 0.1) is 6.92 Å². The van der Waals surface area contributed by atoms with Crippen molar-refractivity contribution < 1.29 is 23.1 Å². The molecule has 1 aromatic carbocycles. The number of aryl methyl sites for hydroxylation is 2. The van der Waals surface area contributed by atoms with Gasteiger partial charge in [-0.25, -0.2) is 4.98 Å². The van der Waals surface area contributed by atoms with E-state index in [0.29, 0.717) is 54.0 Å². The molecule has 4 aromatic rings. The van der Waals surface area contributed by atoms with E-state index in [2.05, 4.69) is 10.1 Å². The van der Waals surface area contributed by atoms with Crippen molar-refractivity contribution in [1.82, 2.24) is 14.8 Å². The summed E-state index contributed by atoms with van der Waals surface area (Å²) in [6, 6.07) is 11.1. The number of carbonyl (C=O) groups is 1. The number of hydrogen-bond acceptors (Lipinski definition) is 7. The number of furan rings is 1. The van der Waals surface area contributed by atoms with Crippen LogP contribution < -0.4 is 10.3 Å². The van der Waals surface area contributed by atoms with Crippen LogP contribution in [0.4, 0.5) is 0 Å². The standard InChI is InChI=1S/C24H25N3O6/c1-3-30-22(28)11-8-18-14-27(26-23(18)29)13-17-6-9-19(10-7-17)32-15-20-16(2)33-24(25-20)21-5-4-12-31-21/h4-7,9-10,12,14H,3,8,11,13,15H2,1-2H3,(H,26,29). The highest BCUT2D eigenvalue weighted by atomic mass is 16.5.